The second-order valence-electron chi connectivity index (χ2n) is 5.97. The smallest absolute Gasteiger partial charge is 0.276 e. The molecule has 0 radical (unpaired) electrons. The lowest BCUT2D eigenvalue weighted by Gasteiger charge is -2.12. The second kappa shape index (κ2) is 8.59. The number of hydrogen-bond acceptors (Lipinski definition) is 5. The molecule has 0 unspecified atom stereocenters. The van der Waals surface area contributed by atoms with Crippen LogP contribution in [0.5, 0.6) is 0 Å². The highest BCUT2D eigenvalue weighted by Gasteiger charge is 2.15. The quantitative estimate of drug-likeness (QED) is 0.315. The van der Waals surface area contributed by atoms with Crippen molar-refractivity contribution in [1.82, 2.24) is 9.55 Å². The van der Waals surface area contributed by atoms with E-state index in [4.69, 9.17) is 23.2 Å². The largest absolute Gasteiger partial charge is 0.325 e. The first-order valence-corrected chi connectivity index (χ1v) is 11.1. The molecule has 0 saturated carbocycles. The Balaban J connectivity index is 1.61. The summed E-state index contributed by atoms with van der Waals surface area (Å²) in [7, 11) is 0. The minimum atomic E-state index is -0.243. The number of amides is 1. The number of thioether (sulfide) groups is 1. The first kappa shape index (κ1) is 20.0. The van der Waals surface area contributed by atoms with Crippen molar-refractivity contribution in [2.45, 2.75) is 5.16 Å². The molecule has 29 heavy (non-hydrogen) atoms. The molecule has 4 rings (SSSR count). The fourth-order valence-electron chi connectivity index (χ4n) is 2.69. The van der Waals surface area contributed by atoms with E-state index in [0.29, 0.717) is 36.8 Å². The predicted octanol–water partition coefficient (Wildman–Crippen LogP) is 5.48. The number of rotatable bonds is 5. The Morgan fingerprint density at radius 3 is 2.66 bits per heavy atom. The molecule has 0 atom stereocenters. The van der Waals surface area contributed by atoms with Crippen LogP contribution in [0, 0.1) is 0 Å². The normalized spacial score (nSPS) is 11.0. The summed E-state index contributed by atoms with van der Waals surface area (Å²) in [6.07, 6.45) is 0. The van der Waals surface area contributed by atoms with Crippen molar-refractivity contribution in [3.05, 3.63) is 80.4 Å². The van der Waals surface area contributed by atoms with Gasteiger partial charge in [0, 0.05) is 5.69 Å². The van der Waals surface area contributed by atoms with E-state index >= 15 is 0 Å². The number of nitrogens with zero attached hydrogens (tertiary/aromatic N) is 2. The third-order valence-corrected chi connectivity index (χ3v) is 6.57. The monoisotopic (exact) mass is 461 g/mol. The molecule has 0 spiro atoms. The van der Waals surface area contributed by atoms with Crippen LogP contribution in [0.15, 0.2) is 69.9 Å². The Morgan fingerprint density at radius 2 is 1.90 bits per heavy atom. The highest BCUT2D eigenvalue weighted by Crippen LogP contribution is 2.26. The summed E-state index contributed by atoms with van der Waals surface area (Å²) < 4.78 is 2.12. The highest BCUT2D eigenvalue weighted by atomic mass is 35.5. The summed E-state index contributed by atoms with van der Waals surface area (Å²) in [5, 5.41) is 5.84. The maximum absolute atomic E-state index is 13.0. The number of nitrogens with one attached hydrogen (secondary N) is 1. The molecule has 4 aromatic rings. The predicted molar refractivity (Wildman–Crippen MR) is 121 cm³/mol. The van der Waals surface area contributed by atoms with Crippen molar-refractivity contribution in [1.29, 1.82) is 0 Å². The molecule has 1 amide bonds. The Labute approximate surface area is 184 Å². The molecule has 2 aromatic carbocycles. The Bertz CT molecular complexity index is 1260. The third-order valence-electron chi connectivity index (χ3n) is 4.00. The van der Waals surface area contributed by atoms with Crippen molar-refractivity contribution < 1.29 is 4.79 Å². The molecule has 0 aliphatic carbocycles. The number of para-hydroxylation sites is 1. The average Bonchev–Trinajstić information content (AvgIpc) is 3.19. The van der Waals surface area contributed by atoms with Gasteiger partial charge in [-0.2, -0.15) is 0 Å². The Hall–Kier alpha value is -2.32. The molecule has 0 saturated heterocycles. The number of halogens is 2. The minimum absolute atomic E-state index is 0.0785. The zero-order chi connectivity index (χ0) is 20.4. The van der Waals surface area contributed by atoms with Crippen LogP contribution in [0.4, 0.5) is 5.69 Å². The van der Waals surface area contributed by atoms with Crippen LogP contribution < -0.4 is 10.9 Å². The Morgan fingerprint density at radius 1 is 1.10 bits per heavy atom. The third kappa shape index (κ3) is 4.33. The molecule has 146 valence electrons. The van der Waals surface area contributed by atoms with Crippen LogP contribution in [-0.4, -0.2) is 21.2 Å². The van der Waals surface area contributed by atoms with Gasteiger partial charge < -0.3 is 5.32 Å². The van der Waals surface area contributed by atoms with Crippen LogP contribution in [0.25, 0.3) is 15.9 Å². The van der Waals surface area contributed by atoms with Gasteiger partial charge in [-0.1, -0.05) is 53.2 Å². The number of carbonyl (C=O) groups excluding carboxylic acids is 1. The molecule has 5 nitrogen and oxygen atoms in total. The molecule has 0 aliphatic rings. The lowest BCUT2D eigenvalue weighted by atomic mass is 10.3. The van der Waals surface area contributed by atoms with Gasteiger partial charge in [0.25, 0.3) is 5.56 Å². The van der Waals surface area contributed by atoms with E-state index in [0.717, 1.165) is 0 Å². The number of thiophene rings is 1. The number of carbonyl (C=O) groups is 1. The van der Waals surface area contributed by atoms with Gasteiger partial charge in [0.2, 0.25) is 5.91 Å². The molecule has 2 heterocycles. The fourth-order valence-corrected chi connectivity index (χ4v) is 4.57. The number of benzene rings is 2. The fraction of sp³-hybridized carbons (Fsp3) is 0.0500. The number of aromatic nitrogens is 2. The maximum atomic E-state index is 13.0. The number of hydrogen-bond donors (Lipinski definition) is 1. The van der Waals surface area contributed by atoms with Gasteiger partial charge in [0.05, 0.1) is 27.0 Å². The van der Waals surface area contributed by atoms with Crippen LogP contribution in [0.1, 0.15) is 0 Å². The average molecular weight is 462 g/mol. The van der Waals surface area contributed by atoms with Gasteiger partial charge in [0.15, 0.2) is 5.16 Å². The topological polar surface area (TPSA) is 64.0 Å². The summed E-state index contributed by atoms with van der Waals surface area (Å²) >= 11 is 14.4. The summed E-state index contributed by atoms with van der Waals surface area (Å²) in [5.74, 6) is -0.164. The van der Waals surface area contributed by atoms with Gasteiger partial charge in [-0.3, -0.25) is 14.2 Å². The molecular formula is C20H13Cl2N3O2S2. The van der Waals surface area contributed by atoms with Crippen LogP contribution in [0.2, 0.25) is 10.0 Å². The Kier molecular flexibility index (Phi) is 5.91. The molecule has 9 heteroatoms. The standard InChI is InChI=1S/C20H13Cl2N3O2S2/c21-14-7-6-12(10-15(14)22)23-17(26)11-29-20-24-16-8-9-28-18(16)19(27)25(20)13-4-2-1-3-5-13/h1-10H,11H2,(H,23,26). The first-order valence-electron chi connectivity index (χ1n) is 8.46. The second-order valence-corrected chi connectivity index (χ2v) is 8.64. The highest BCUT2D eigenvalue weighted by molar-refractivity contribution is 7.99. The van der Waals surface area contributed by atoms with E-state index in [1.54, 1.807) is 24.3 Å². The summed E-state index contributed by atoms with van der Waals surface area (Å²) in [6.45, 7) is 0. The van der Waals surface area contributed by atoms with Gasteiger partial charge in [-0.25, -0.2) is 4.98 Å². The minimum Gasteiger partial charge on any atom is -0.325 e. The van der Waals surface area contributed by atoms with E-state index in [9.17, 15) is 9.59 Å². The molecule has 0 bridgehead atoms. The lowest BCUT2D eigenvalue weighted by Crippen LogP contribution is -2.22. The van der Waals surface area contributed by atoms with Crippen LogP contribution >= 0.6 is 46.3 Å². The lowest BCUT2D eigenvalue weighted by molar-refractivity contribution is -0.113. The first-order chi connectivity index (χ1) is 14.0. The van der Waals surface area contributed by atoms with E-state index in [2.05, 4.69) is 10.3 Å². The van der Waals surface area contributed by atoms with Gasteiger partial charge in [-0.05, 0) is 41.8 Å². The van der Waals surface area contributed by atoms with Gasteiger partial charge in [0.1, 0.15) is 4.70 Å². The SMILES string of the molecule is O=C(CSc1nc2ccsc2c(=O)n1-c1ccccc1)Nc1ccc(Cl)c(Cl)c1. The summed E-state index contributed by atoms with van der Waals surface area (Å²) in [6, 6.07) is 15.9. The number of fused-ring (bicyclic) bond motifs is 1. The van der Waals surface area contributed by atoms with Crippen molar-refractivity contribution in [3.63, 3.8) is 0 Å². The number of anilines is 1. The zero-order valence-electron chi connectivity index (χ0n) is 14.8. The van der Waals surface area contributed by atoms with Gasteiger partial charge in [-0.15, -0.1) is 11.3 Å². The van der Waals surface area contributed by atoms with Crippen molar-refractivity contribution >= 4 is 68.1 Å². The van der Waals surface area contributed by atoms with Crippen molar-refractivity contribution in [2.24, 2.45) is 0 Å². The maximum Gasteiger partial charge on any atom is 0.276 e. The zero-order valence-corrected chi connectivity index (χ0v) is 17.9. The molecule has 0 fully saturated rings. The van der Waals surface area contributed by atoms with E-state index in [1.807, 2.05) is 35.7 Å². The molecular weight excluding hydrogens is 449 g/mol. The van der Waals surface area contributed by atoms with E-state index < -0.39 is 0 Å². The van der Waals surface area contributed by atoms with E-state index in [-0.39, 0.29) is 17.2 Å². The molecule has 0 aliphatic heterocycles. The van der Waals surface area contributed by atoms with Crippen LogP contribution in [0.3, 0.4) is 0 Å². The van der Waals surface area contributed by atoms with Crippen molar-refractivity contribution in [3.8, 4) is 5.69 Å². The summed E-state index contributed by atoms with van der Waals surface area (Å²) in [4.78, 5) is 30.0. The van der Waals surface area contributed by atoms with Crippen LogP contribution in [-0.2, 0) is 4.79 Å². The van der Waals surface area contributed by atoms with Crippen molar-refractivity contribution in [2.75, 3.05) is 11.1 Å². The summed E-state index contributed by atoms with van der Waals surface area (Å²) in [5.41, 5.74) is 1.72. The molecule has 2 aromatic heterocycles. The van der Waals surface area contributed by atoms with Gasteiger partial charge >= 0.3 is 0 Å². The van der Waals surface area contributed by atoms with E-state index in [1.165, 1.54) is 27.7 Å². The molecule has 1 N–H and O–H groups in total.